The van der Waals surface area contributed by atoms with E-state index in [0.29, 0.717) is 24.2 Å². The lowest BCUT2D eigenvalue weighted by Crippen LogP contribution is -2.30. The van der Waals surface area contributed by atoms with Crippen molar-refractivity contribution in [1.29, 1.82) is 0 Å². The Morgan fingerprint density at radius 2 is 1.44 bits per heavy atom. The Balaban J connectivity index is 0.000000256. The smallest absolute Gasteiger partial charge is 0.310 e. The van der Waals surface area contributed by atoms with Crippen LogP contribution in [0.15, 0.2) is 48.6 Å². The van der Waals surface area contributed by atoms with E-state index in [1.54, 1.807) is 24.3 Å². The quantitative estimate of drug-likeness (QED) is 0.201. The van der Waals surface area contributed by atoms with Crippen molar-refractivity contribution in [2.24, 2.45) is 0 Å². The van der Waals surface area contributed by atoms with Crippen molar-refractivity contribution in [1.82, 2.24) is 10.2 Å². The first-order valence-corrected chi connectivity index (χ1v) is 14.1. The number of benzene rings is 2. The van der Waals surface area contributed by atoms with Crippen molar-refractivity contribution in [2.45, 2.75) is 12.8 Å². The predicted molar refractivity (Wildman–Crippen MR) is 160 cm³/mol. The average Bonchev–Trinajstić information content (AvgIpc) is 3.01. The number of hydrogen-bond donors (Lipinski definition) is 1. The van der Waals surface area contributed by atoms with E-state index in [4.69, 9.17) is 9.47 Å². The second-order valence-corrected chi connectivity index (χ2v) is 9.61. The lowest BCUT2D eigenvalue weighted by atomic mass is 9.99. The summed E-state index contributed by atoms with van der Waals surface area (Å²) in [5.41, 5.74) is 4.21. The van der Waals surface area contributed by atoms with Gasteiger partial charge in [0, 0.05) is 43.6 Å². The van der Waals surface area contributed by atoms with E-state index in [0.717, 1.165) is 49.2 Å². The van der Waals surface area contributed by atoms with E-state index in [9.17, 15) is 29.0 Å². The molecule has 2 aromatic rings. The fourth-order valence-corrected chi connectivity index (χ4v) is 4.24. The topological polar surface area (TPSA) is 120 Å². The standard InChI is InChI=1S/C14H17FN2O3.C12H14N2O3.C2H4BrF/c1-20-14-10-12(2-3-13(14)17(18)19)11-4-7-16(8-5-11)9-6-15;1-17-12-8-10(2-3-11(12)14(15)16)9-4-6-13-7-5-9;3-1-2-4/h2-4,10H,5-9H2,1H3;2-4,8,13H,5-7H2,1H3;1-2H2. The van der Waals surface area contributed by atoms with Crippen LogP contribution in [0.3, 0.4) is 0 Å². The summed E-state index contributed by atoms with van der Waals surface area (Å²) >= 11 is 2.87. The normalized spacial score (nSPS) is 14.8. The Kier molecular flexibility index (Phi) is 14.9. The van der Waals surface area contributed by atoms with Crippen molar-refractivity contribution in [2.75, 3.05) is 65.6 Å². The lowest BCUT2D eigenvalue weighted by Gasteiger charge is -2.25. The Bertz CT molecular complexity index is 1230. The number of nitro benzene ring substituents is 2. The zero-order valence-electron chi connectivity index (χ0n) is 23.1. The molecule has 13 heteroatoms. The van der Waals surface area contributed by atoms with Gasteiger partial charge in [-0.1, -0.05) is 28.1 Å². The van der Waals surface area contributed by atoms with E-state index >= 15 is 0 Å². The molecule has 0 fully saturated rings. The molecule has 0 amide bonds. The van der Waals surface area contributed by atoms with Crippen LogP contribution in [0.25, 0.3) is 11.1 Å². The summed E-state index contributed by atoms with van der Waals surface area (Å²) in [7, 11) is 2.87. The van der Waals surface area contributed by atoms with Crippen LogP contribution in [0.4, 0.5) is 20.2 Å². The molecule has 0 saturated carbocycles. The molecule has 0 bridgehead atoms. The van der Waals surface area contributed by atoms with Crippen LogP contribution in [-0.2, 0) is 0 Å². The second kappa shape index (κ2) is 18.1. The van der Waals surface area contributed by atoms with Gasteiger partial charge in [0.2, 0.25) is 0 Å². The Morgan fingerprint density at radius 3 is 1.80 bits per heavy atom. The van der Waals surface area contributed by atoms with Crippen molar-refractivity contribution in [3.8, 4) is 11.5 Å². The van der Waals surface area contributed by atoms with Gasteiger partial charge in [0.25, 0.3) is 0 Å². The third-order valence-corrected chi connectivity index (χ3v) is 6.62. The molecule has 224 valence electrons. The van der Waals surface area contributed by atoms with Crippen LogP contribution in [0.2, 0.25) is 0 Å². The summed E-state index contributed by atoms with van der Waals surface area (Å²) in [6.45, 7) is 3.13. The highest BCUT2D eigenvalue weighted by atomic mass is 79.9. The number of nitrogens with zero attached hydrogens (tertiary/aromatic N) is 3. The third kappa shape index (κ3) is 10.5. The molecule has 2 heterocycles. The maximum atomic E-state index is 12.3. The highest BCUT2D eigenvalue weighted by Crippen LogP contribution is 2.33. The van der Waals surface area contributed by atoms with Crippen LogP contribution >= 0.6 is 15.9 Å². The number of nitrogens with one attached hydrogen (secondary N) is 1. The first-order chi connectivity index (χ1) is 19.8. The summed E-state index contributed by atoms with van der Waals surface area (Å²) in [5.74, 6) is 0.575. The minimum absolute atomic E-state index is 0.00536. The van der Waals surface area contributed by atoms with Gasteiger partial charge < -0.3 is 14.8 Å². The number of rotatable bonds is 9. The largest absolute Gasteiger partial charge is 0.490 e. The molecule has 4 rings (SSSR count). The molecule has 2 aliphatic heterocycles. The van der Waals surface area contributed by atoms with Gasteiger partial charge in [-0.2, -0.15) is 0 Å². The first kappa shape index (κ1) is 33.8. The number of ether oxygens (including phenoxy) is 2. The van der Waals surface area contributed by atoms with E-state index in [1.165, 1.54) is 31.9 Å². The van der Waals surface area contributed by atoms with Crippen molar-refractivity contribution in [3.05, 3.63) is 79.9 Å². The van der Waals surface area contributed by atoms with E-state index in [1.807, 2.05) is 11.0 Å². The zero-order chi connectivity index (χ0) is 30.2. The molecule has 2 aliphatic rings. The van der Waals surface area contributed by atoms with Gasteiger partial charge in [0.05, 0.1) is 30.7 Å². The van der Waals surface area contributed by atoms with Gasteiger partial charge in [-0.25, -0.2) is 4.39 Å². The number of alkyl halides is 3. The fraction of sp³-hybridized carbons (Fsp3) is 0.429. The minimum Gasteiger partial charge on any atom is -0.490 e. The molecule has 0 saturated heterocycles. The second-order valence-electron chi connectivity index (χ2n) is 8.82. The van der Waals surface area contributed by atoms with Crippen LogP contribution in [0.1, 0.15) is 24.0 Å². The van der Waals surface area contributed by atoms with Crippen LogP contribution in [-0.4, -0.2) is 80.4 Å². The molecule has 0 aromatic heterocycles. The number of halogens is 3. The molecular formula is C28H35BrF2N4O6. The molecule has 0 spiro atoms. The maximum absolute atomic E-state index is 12.3. The lowest BCUT2D eigenvalue weighted by molar-refractivity contribution is -0.385. The van der Waals surface area contributed by atoms with Gasteiger partial charge in [0.15, 0.2) is 11.5 Å². The van der Waals surface area contributed by atoms with Crippen LogP contribution in [0.5, 0.6) is 11.5 Å². The van der Waals surface area contributed by atoms with E-state index in [2.05, 4.69) is 27.3 Å². The Morgan fingerprint density at radius 1 is 0.902 bits per heavy atom. The highest BCUT2D eigenvalue weighted by Gasteiger charge is 2.19. The van der Waals surface area contributed by atoms with Gasteiger partial charge in [-0.15, -0.1) is 0 Å². The minimum atomic E-state index is -0.457. The number of nitro groups is 2. The highest BCUT2D eigenvalue weighted by molar-refractivity contribution is 9.09. The molecule has 1 N–H and O–H groups in total. The monoisotopic (exact) mass is 640 g/mol. The van der Waals surface area contributed by atoms with E-state index in [-0.39, 0.29) is 30.5 Å². The summed E-state index contributed by atoms with van der Waals surface area (Å²) in [6.07, 6.45) is 5.88. The molecular weight excluding hydrogens is 606 g/mol. The SMILES string of the molecule is COc1cc(C2=CCN(CCF)CC2)ccc1[N+](=O)[O-].COc1cc(C2=CCNCC2)ccc1[N+](=O)[O-].FCCBr. The molecule has 10 nitrogen and oxygen atoms in total. The molecule has 0 atom stereocenters. The molecule has 0 aliphatic carbocycles. The van der Waals surface area contributed by atoms with E-state index < -0.39 is 9.85 Å². The van der Waals surface area contributed by atoms with Gasteiger partial charge in [0.1, 0.15) is 6.67 Å². The summed E-state index contributed by atoms with van der Waals surface area (Å²) in [4.78, 5) is 22.8. The van der Waals surface area contributed by atoms with Gasteiger partial charge in [-0.3, -0.25) is 29.5 Å². The van der Waals surface area contributed by atoms with Crippen molar-refractivity contribution in [3.63, 3.8) is 0 Å². The molecule has 0 unspecified atom stereocenters. The summed E-state index contributed by atoms with van der Waals surface area (Å²) in [6, 6.07) is 9.89. The van der Waals surface area contributed by atoms with Crippen molar-refractivity contribution < 1.29 is 28.1 Å². The van der Waals surface area contributed by atoms with Gasteiger partial charge in [-0.05, 0) is 65.9 Å². The summed E-state index contributed by atoms with van der Waals surface area (Å²) < 4.78 is 33.1. The molecule has 41 heavy (non-hydrogen) atoms. The Hall–Kier alpha value is -3.42. The van der Waals surface area contributed by atoms with Crippen LogP contribution < -0.4 is 14.8 Å². The predicted octanol–water partition coefficient (Wildman–Crippen LogP) is 5.99. The average molecular weight is 642 g/mol. The third-order valence-electron chi connectivity index (χ3n) is 6.32. The fourth-order valence-electron chi connectivity index (χ4n) is 4.24. The molecule has 2 aromatic carbocycles. The van der Waals surface area contributed by atoms with Crippen LogP contribution in [0, 0.1) is 20.2 Å². The number of hydrogen-bond acceptors (Lipinski definition) is 8. The number of methoxy groups -OCH3 is 2. The maximum Gasteiger partial charge on any atom is 0.310 e. The first-order valence-electron chi connectivity index (χ1n) is 12.9. The Labute approximate surface area is 246 Å². The van der Waals surface area contributed by atoms with Gasteiger partial charge >= 0.3 is 11.4 Å². The molecule has 0 radical (unpaired) electrons. The zero-order valence-corrected chi connectivity index (χ0v) is 24.7. The van der Waals surface area contributed by atoms with Crippen molar-refractivity contribution >= 4 is 38.5 Å². The summed E-state index contributed by atoms with van der Waals surface area (Å²) in [5, 5.41) is 25.3.